The Labute approximate surface area is 154 Å². The number of nitrogens with one attached hydrogen (secondary N) is 1. The Morgan fingerprint density at radius 2 is 2.24 bits per heavy atom. The van der Waals surface area contributed by atoms with Crippen LogP contribution in [0.2, 0.25) is 5.02 Å². The lowest BCUT2D eigenvalue weighted by atomic mass is 9.80. The lowest BCUT2D eigenvalue weighted by molar-refractivity contribution is 0.0294. The van der Waals surface area contributed by atoms with Crippen molar-refractivity contribution in [3.05, 3.63) is 23.2 Å². The third kappa shape index (κ3) is 5.23. The standard InChI is InChI=1S/C18H28ClN3O3/c1-4-25-16-7-6-14(10-15(16)19)20-17(24)22-9-5-8-18(12-22,13-23)11-21(2)3/h6-7,10,23H,4-5,8-9,11-13H2,1-3H3,(H,20,24)/t18-/m0/s1. The van der Waals surface area contributed by atoms with Gasteiger partial charge in [0.1, 0.15) is 5.75 Å². The van der Waals surface area contributed by atoms with Crippen molar-refractivity contribution in [3.63, 3.8) is 0 Å². The SMILES string of the molecule is CCOc1ccc(NC(=O)N2CCC[C@](CO)(CN(C)C)C2)cc1Cl. The van der Waals surface area contributed by atoms with Gasteiger partial charge in [-0.2, -0.15) is 0 Å². The van der Waals surface area contributed by atoms with Crippen LogP contribution in [0.5, 0.6) is 5.75 Å². The Kier molecular flexibility index (Phi) is 6.93. The average Bonchev–Trinajstić information content (AvgIpc) is 2.57. The normalized spacial score (nSPS) is 20.6. The van der Waals surface area contributed by atoms with Crippen LogP contribution in [0.15, 0.2) is 18.2 Å². The third-order valence-corrected chi connectivity index (χ3v) is 4.71. The molecule has 1 heterocycles. The zero-order chi connectivity index (χ0) is 18.4. The van der Waals surface area contributed by atoms with E-state index in [4.69, 9.17) is 16.3 Å². The number of piperidine rings is 1. The molecule has 0 unspecified atom stereocenters. The largest absolute Gasteiger partial charge is 0.492 e. The molecule has 1 atom stereocenters. The van der Waals surface area contributed by atoms with E-state index in [1.807, 2.05) is 21.0 Å². The summed E-state index contributed by atoms with van der Waals surface area (Å²) in [4.78, 5) is 16.5. The Balaban J connectivity index is 2.03. The quantitative estimate of drug-likeness (QED) is 0.809. The number of hydrogen-bond acceptors (Lipinski definition) is 4. The monoisotopic (exact) mass is 369 g/mol. The molecule has 140 valence electrons. The van der Waals surface area contributed by atoms with E-state index in [-0.39, 0.29) is 18.1 Å². The molecule has 0 radical (unpaired) electrons. The highest BCUT2D eigenvalue weighted by molar-refractivity contribution is 6.32. The highest BCUT2D eigenvalue weighted by atomic mass is 35.5. The predicted octanol–water partition coefficient (Wildman–Crippen LogP) is 2.91. The molecular weight excluding hydrogens is 342 g/mol. The van der Waals surface area contributed by atoms with Crippen molar-refractivity contribution in [1.82, 2.24) is 9.80 Å². The average molecular weight is 370 g/mol. The number of benzene rings is 1. The molecule has 0 bridgehead atoms. The van der Waals surface area contributed by atoms with E-state index in [9.17, 15) is 9.90 Å². The van der Waals surface area contributed by atoms with Gasteiger partial charge < -0.3 is 25.0 Å². The minimum atomic E-state index is -0.268. The van der Waals surface area contributed by atoms with E-state index in [0.717, 1.165) is 19.4 Å². The zero-order valence-corrected chi connectivity index (χ0v) is 16.0. The molecule has 0 aromatic heterocycles. The van der Waals surface area contributed by atoms with Gasteiger partial charge in [0.2, 0.25) is 0 Å². The van der Waals surface area contributed by atoms with Crippen LogP contribution in [0.4, 0.5) is 10.5 Å². The van der Waals surface area contributed by atoms with Gasteiger partial charge in [0.15, 0.2) is 0 Å². The van der Waals surface area contributed by atoms with Gasteiger partial charge in [-0.25, -0.2) is 4.79 Å². The third-order valence-electron chi connectivity index (χ3n) is 4.42. The Morgan fingerprint density at radius 1 is 1.48 bits per heavy atom. The van der Waals surface area contributed by atoms with Crippen molar-refractivity contribution in [2.24, 2.45) is 5.41 Å². The van der Waals surface area contributed by atoms with Crippen molar-refractivity contribution in [2.45, 2.75) is 19.8 Å². The molecule has 7 heteroatoms. The van der Waals surface area contributed by atoms with Crippen LogP contribution in [0, 0.1) is 5.41 Å². The van der Waals surface area contributed by atoms with Crippen LogP contribution in [-0.2, 0) is 0 Å². The fraction of sp³-hybridized carbons (Fsp3) is 0.611. The topological polar surface area (TPSA) is 65.0 Å². The van der Waals surface area contributed by atoms with Crippen molar-refractivity contribution in [3.8, 4) is 5.75 Å². The van der Waals surface area contributed by atoms with E-state index in [0.29, 0.717) is 36.2 Å². The number of likely N-dealkylation sites (tertiary alicyclic amines) is 1. The van der Waals surface area contributed by atoms with Crippen molar-refractivity contribution in [2.75, 3.05) is 52.3 Å². The summed E-state index contributed by atoms with van der Waals surface area (Å²) in [6.45, 7) is 4.48. The molecular formula is C18H28ClN3O3. The number of rotatable bonds is 6. The van der Waals surface area contributed by atoms with E-state index >= 15 is 0 Å². The molecule has 1 fully saturated rings. The van der Waals surface area contributed by atoms with Crippen molar-refractivity contribution >= 4 is 23.3 Å². The Hall–Kier alpha value is -1.50. The van der Waals surface area contributed by atoms with Crippen LogP contribution in [0.3, 0.4) is 0 Å². The van der Waals surface area contributed by atoms with Gasteiger partial charge in [0.05, 0.1) is 18.2 Å². The molecule has 25 heavy (non-hydrogen) atoms. The molecule has 1 aromatic rings. The fourth-order valence-electron chi connectivity index (χ4n) is 3.41. The number of carbonyl (C=O) groups excluding carboxylic acids is 1. The van der Waals surface area contributed by atoms with Gasteiger partial charge >= 0.3 is 6.03 Å². The lowest BCUT2D eigenvalue weighted by Gasteiger charge is -2.43. The molecule has 0 spiro atoms. The van der Waals surface area contributed by atoms with Gasteiger partial charge in [-0.05, 0) is 52.1 Å². The molecule has 1 aromatic carbocycles. The summed E-state index contributed by atoms with van der Waals surface area (Å²) in [7, 11) is 3.97. The molecule has 2 rings (SSSR count). The van der Waals surface area contributed by atoms with E-state index < -0.39 is 0 Å². The smallest absolute Gasteiger partial charge is 0.321 e. The minimum Gasteiger partial charge on any atom is -0.492 e. The summed E-state index contributed by atoms with van der Waals surface area (Å²) < 4.78 is 5.40. The second-order valence-electron chi connectivity index (χ2n) is 6.93. The molecule has 2 amide bonds. The first-order valence-corrected chi connectivity index (χ1v) is 9.01. The first-order chi connectivity index (χ1) is 11.9. The summed E-state index contributed by atoms with van der Waals surface area (Å²) in [6.07, 6.45) is 1.80. The number of aliphatic hydroxyl groups is 1. The van der Waals surface area contributed by atoms with Crippen molar-refractivity contribution in [1.29, 1.82) is 0 Å². The van der Waals surface area contributed by atoms with Crippen LogP contribution in [-0.4, -0.2) is 67.9 Å². The molecule has 0 saturated carbocycles. The van der Waals surface area contributed by atoms with Gasteiger partial charge in [-0.1, -0.05) is 11.6 Å². The summed E-state index contributed by atoms with van der Waals surface area (Å²) in [5.74, 6) is 0.602. The fourth-order valence-corrected chi connectivity index (χ4v) is 3.65. The molecule has 1 aliphatic rings. The summed E-state index contributed by atoms with van der Waals surface area (Å²) in [5.41, 5.74) is 0.362. The van der Waals surface area contributed by atoms with Gasteiger partial charge in [0, 0.05) is 30.7 Å². The molecule has 6 nitrogen and oxygen atoms in total. The highest BCUT2D eigenvalue weighted by Crippen LogP contribution is 2.31. The van der Waals surface area contributed by atoms with Gasteiger partial charge in [-0.15, -0.1) is 0 Å². The number of anilines is 1. The maximum atomic E-state index is 12.6. The van der Waals surface area contributed by atoms with E-state index in [2.05, 4.69) is 10.2 Å². The molecule has 0 aliphatic carbocycles. The highest BCUT2D eigenvalue weighted by Gasteiger charge is 2.37. The number of urea groups is 1. The Bertz CT molecular complexity index is 597. The summed E-state index contributed by atoms with van der Waals surface area (Å²) >= 11 is 6.17. The number of aliphatic hydroxyl groups excluding tert-OH is 1. The minimum absolute atomic E-state index is 0.0733. The summed E-state index contributed by atoms with van der Waals surface area (Å²) in [5, 5.41) is 13.2. The second kappa shape index (κ2) is 8.74. The molecule has 2 N–H and O–H groups in total. The van der Waals surface area contributed by atoms with Crippen molar-refractivity contribution < 1.29 is 14.6 Å². The predicted molar refractivity (Wildman–Crippen MR) is 101 cm³/mol. The van der Waals surface area contributed by atoms with E-state index in [1.54, 1.807) is 23.1 Å². The zero-order valence-electron chi connectivity index (χ0n) is 15.2. The van der Waals surface area contributed by atoms with Crippen LogP contribution in [0.25, 0.3) is 0 Å². The lowest BCUT2D eigenvalue weighted by Crippen LogP contribution is -2.52. The second-order valence-corrected chi connectivity index (χ2v) is 7.34. The van der Waals surface area contributed by atoms with Crippen LogP contribution < -0.4 is 10.1 Å². The summed E-state index contributed by atoms with van der Waals surface area (Å²) in [6, 6.07) is 5.05. The maximum Gasteiger partial charge on any atom is 0.321 e. The number of halogens is 1. The Morgan fingerprint density at radius 3 is 2.84 bits per heavy atom. The number of nitrogens with zero attached hydrogens (tertiary/aromatic N) is 2. The van der Waals surface area contributed by atoms with E-state index in [1.165, 1.54) is 0 Å². The van der Waals surface area contributed by atoms with Crippen LogP contribution >= 0.6 is 11.6 Å². The first kappa shape index (κ1) is 19.8. The molecule has 1 saturated heterocycles. The van der Waals surface area contributed by atoms with Gasteiger partial charge in [0.25, 0.3) is 0 Å². The maximum absolute atomic E-state index is 12.6. The first-order valence-electron chi connectivity index (χ1n) is 8.63. The number of amides is 2. The number of ether oxygens (including phenoxy) is 1. The number of carbonyl (C=O) groups is 1. The van der Waals surface area contributed by atoms with Crippen LogP contribution in [0.1, 0.15) is 19.8 Å². The van der Waals surface area contributed by atoms with Gasteiger partial charge in [-0.3, -0.25) is 0 Å². The molecule has 1 aliphatic heterocycles. The number of hydrogen-bond donors (Lipinski definition) is 2.